The van der Waals surface area contributed by atoms with Gasteiger partial charge in [0.15, 0.2) is 11.6 Å². The number of piperidine rings is 1. The van der Waals surface area contributed by atoms with E-state index in [9.17, 15) is 14.0 Å². The zero-order valence-corrected chi connectivity index (χ0v) is 13.6. The van der Waals surface area contributed by atoms with Gasteiger partial charge >= 0.3 is 0 Å². The number of rotatable bonds is 4. The third kappa shape index (κ3) is 3.22. The summed E-state index contributed by atoms with van der Waals surface area (Å²) < 4.78 is 14.6. The Hall–Kier alpha value is -2.50. The zero-order valence-electron chi connectivity index (χ0n) is 13.6. The zero-order chi connectivity index (χ0) is 17.1. The summed E-state index contributed by atoms with van der Waals surface area (Å²) in [5.74, 6) is 0.0567. The highest BCUT2D eigenvalue weighted by atomic mass is 19.1. The van der Waals surface area contributed by atoms with Crippen molar-refractivity contribution in [3.8, 4) is 0 Å². The Kier molecular flexibility index (Phi) is 4.74. The molecule has 0 aliphatic carbocycles. The van der Waals surface area contributed by atoms with E-state index in [-0.39, 0.29) is 23.1 Å². The van der Waals surface area contributed by atoms with Crippen LogP contribution in [0.25, 0.3) is 0 Å². The second-order valence-corrected chi connectivity index (χ2v) is 5.97. The molecule has 2 aromatic rings. The molecule has 6 heteroatoms. The molecule has 1 aromatic heterocycles. The fraction of sp³-hybridized carbons (Fsp3) is 0.389. The lowest BCUT2D eigenvalue weighted by Crippen LogP contribution is -2.40. The van der Waals surface area contributed by atoms with E-state index in [1.165, 1.54) is 24.3 Å². The van der Waals surface area contributed by atoms with Gasteiger partial charge in [0.2, 0.25) is 0 Å². The van der Waals surface area contributed by atoms with E-state index in [0.717, 1.165) is 0 Å². The van der Waals surface area contributed by atoms with Gasteiger partial charge in [-0.05, 0) is 44.0 Å². The molecule has 0 bridgehead atoms. The number of aryl methyl sites for hydroxylation is 1. The summed E-state index contributed by atoms with van der Waals surface area (Å²) in [6.45, 7) is 3.76. The molecule has 24 heavy (non-hydrogen) atoms. The highest BCUT2D eigenvalue weighted by Crippen LogP contribution is 2.23. The van der Waals surface area contributed by atoms with Crippen LogP contribution in [0, 0.1) is 11.7 Å². The maximum absolute atomic E-state index is 13.0. The molecule has 0 unspecified atom stereocenters. The van der Waals surface area contributed by atoms with Crippen molar-refractivity contribution >= 4 is 11.6 Å². The molecule has 0 N–H and O–H groups in total. The number of carbonyl (C=O) groups excluding carboxylic acids is 1. The van der Waals surface area contributed by atoms with Crippen LogP contribution in [-0.2, 0) is 6.54 Å². The normalized spacial score (nSPS) is 15.5. The molecule has 0 spiro atoms. The summed E-state index contributed by atoms with van der Waals surface area (Å²) in [5.41, 5.74) is 0.448. The van der Waals surface area contributed by atoms with Gasteiger partial charge in [0.05, 0.1) is 0 Å². The van der Waals surface area contributed by atoms with E-state index in [2.05, 4.69) is 4.98 Å². The molecule has 0 saturated carbocycles. The molecule has 0 amide bonds. The second-order valence-electron chi connectivity index (χ2n) is 5.97. The van der Waals surface area contributed by atoms with E-state index >= 15 is 0 Å². The quantitative estimate of drug-likeness (QED) is 0.809. The standard InChI is InChI=1S/C18H20FN3O2/c1-2-21-12-9-20-17(18(21)24)22-10-7-14(8-11-22)16(23)13-3-5-15(19)6-4-13/h3-6,9,12,14H,2,7-8,10-11H2,1H3. The van der Waals surface area contributed by atoms with Crippen LogP contribution in [-0.4, -0.2) is 28.4 Å². The SMILES string of the molecule is CCn1ccnc(N2CCC(C(=O)c3ccc(F)cc3)CC2)c1=O. The maximum atomic E-state index is 13.0. The first-order chi connectivity index (χ1) is 11.6. The van der Waals surface area contributed by atoms with E-state index in [0.29, 0.717) is 43.9 Å². The largest absolute Gasteiger partial charge is 0.352 e. The maximum Gasteiger partial charge on any atom is 0.293 e. The van der Waals surface area contributed by atoms with Crippen molar-refractivity contribution in [2.24, 2.45) is 5.92 Å². The number of carbonyl (C=O) groups is 1. The van der Waals surface area contributed by atoms with Crippen LogP contribution in [0.15, 0.2) is 41.5 Å². The predicted molar refractivity (Wildman–Crippen MR) is 89.8 cm³/mol. The van der Waals surface area contributed by atoms with Crippen molar-refractivity contribution in [1.82, 2.24) is 9.55 Å². The van der Waals surface area contributed by atoms with Gasteiger partial charge in [-0.25, -0.2) is 9.37 Å². The van der Waals surface area contributed by atoms with Gasteiger partial charge in [-0.1, -0.05) is 0 Å². The summed E-state index contributed by atoms with van der Waals surface area (Å²) in [7, 11) is 0. The molecule has 1 aliphatic rings. The number of hydrogen-bond acceptors (Lipinski definition) is 4. The first-order valence-corrected chi connectivity index (χ1v) is 8.20. The minimum Gasteiger partial charge on any atom is -0.352 e. The smallest absolute Gasteiger partial charge is 0.293 e. The van der Waals surface area contributed by atoms with Crippen LogP contribution < -0.4 is 10.5 Å². The number of aromatic nitrogens is 2. The number of Topliss-reactive ketones (excluding diaryl/α,β-unsaturated/α-hetero) is 1. The van der Waals surface area contributed by atoms with Crippen LogP contribution in [0.3, 0.4) is 0 Å². The highest BCUT2D eigenvalue weighted by molar-refractivity contribution is 5.97. The Morgan fingerprint density at radius 1 is 1.25 bits per heavy atom. The first-order valence-electron chi connectivity index (χ1n) is 8.20. The lowest BCUT2D eigenvalue weighted by atomic mass is 9.89. The minimum atomic E-state index is -0.344. The van der Waals surface area contributed by atoms with Gasteiger partial charge in [-0.2, -0.15) is 0 Å². The fourth-order valence-corrected chi connectivity index (χ4v) is 3.11. The van der Waals surface area contributed by atoms with Crippen molar-refractivity contribution in [3.63, 3.8) is 0 Å². The van der Waals surface area contributed by atoms with E-state index in [4.69, 9.17) is 0 Å². The Morgan fingerprint density at radius 2 is 1.92 bits per heavy atom. The van der Waals surface area contributed by atoms with Gasteiger partial charge in [-0.15, -0.1) is 0 Å². The van der Waals surface area contributed by atoms with Crippen molar-refractivity contribution < 1.29 is 9.18 Å². The summed E-state index contributed by atoms with van der Waals surface area (Å²) in [4.78, 5) is 31.0. The van der Waals surface area contributed by atoms with Gasteiger partial charge in [-0.3, -0.25) is 9.59 Å². The summed E-state index contributed by atoms with van der Waals surface area (Å²) in [5, 5.41) is 0. The fourth-order valence-electron chi connectivity index (χ4n) is 3.11. The number of hydrogen-bond donors (Lipinski definition) is 0. The van der Waals surface area contributed by atoms with Gasteiger partial charge < -0.3 is 9.47 Å². The van der Waals surface area contributed by atoms with Gasteiger partial charge in [0.1, 0.15) is 5.82 Å². The molecular weight excluding hydrogens is 309 g/mol. The van der Waals surface area contributed by atoms with Crippen LogP contribution in [0.5, 0.6) is 0 Å². The van der Waals surface area contributed by atoms with Crippen LogP contribution >= 0.6 is 0 Å². The topological polar surface area (TPSA) is 55.2 Å². The number of nitrogens with zero attached hydrogens (tertiary/aromatic N) is 3. The number of anilines is 1. The van der Waals surface area contributed by atoms with Gasteiger partial charge in [0.25, 0.3) is 5.56 Å². The monoisotopic (exact) mass is 329 g/mol. The molecule has 0 atom stereocenters. The summed E-state index contributed by atoms with van der Waals surface area (Å²) in [6.07, 6.45) is 4.64. The van der Waals surface area contributed by atoms with Crippen LogP contribution in [0.1, 0.15) is 30.1 Å². The average Bonchev–Trinajstić information content (AvgIpc) is 2.62. The van der Waals surface area contributed by atoms with E-state index in [1.807, 2.05) is 11.8 Å². The third-order valence-corrected chi connectivity index (χ3v) is 4.53. The molecule has 0 radical (unpaired) electrons. The van der Waals surface area contributed by atoms with Gasteiger partial charge in [0, 0.05) is 43.5 Å². The first kappa shape index (κ1) is 16.4. The number of halogens is 1. The summed E-state index contributed by atoms with van der Waals surface area (Å²) in [6, 6.07) is 5.68. The van der Waals surface area contributed by atoms with Crippen molar-refractivity contribution in [2.75, 3.05) is 18.0 Å². The number of benzene rings is 1. The van der Waals surface area contributed by atoms with Crippen molar-refractivity contribution in [3.05, 3.63) is 58.4 Å². The van der Waals surface area contributed by atoms with E-state index < -0.39 is 0 Å². The second kappa shape index (κ2) is 6.95. The third-order valence-electron chi connectivity index (χ3n) is 4.53. The molecule has 1 saturated heterocycles. The lowest BCUT2D eigenvalue weighted by molar-refractivity contribution is 0.0900. The Balaban J connectivity index is 1.69. The van der Waals surface area contributed by atoms with Crippen LogP contribution in [0.2, 0.25) is 0 Å². The average molecular weight is 329 g/mol. The minimum absolute atomic E-state index is 0.0432. The Bertz CT molecular complexity index is 778. The molecule has 2 heterocycles. The van der Waals surface area contributed by atoms with E-state index in [1.54, 1.807) is 17.0 Å². The highest BCUT2D eigenvalue weighted by Gasteiger charge is 2.27. The summed E-state index contributed by atoms with van der Waals surface area (Å²) >= 11 is 0. The molecular formula is C18H20FN3O2. The Labute approximate surface area is 139 Å². The van der Waals surface area contributed by atoms with Crippen molar-refractivity contribution in [2.45, 2.75) is 26.3 Å². The number of ketones is 1. The molecule has 1 aliphatic heterocycles. The molecule has 126 valence electrons. The Morgan fingerprint density at radius 3 is 2.54 bits per heavy atom. The molecule has 1 fully saturated rings. The lowest BCUT2D eigenvalue weighted by Gasteiger charge is -2.31. The van der Waals surface area contributed by atoms with Crippen molar-refractivity contribution in [1.29, 1.82) is 0 Å². The predicted octanol–water partition coefficient (Wildman–Crippen LogP) is 2.50. The van der Waals surface area contributed by atoms with Crippen LogP contribution in [0.4, 0.5) is 10.2 Å². The molecule has 1 aromatic carbocycles. The molecule has 3 rings (SSSR count). The molecule has 5 nitrogen and oxygen atoms in total.